The van der Waals surface area contributed by atoms with E-state index in [-0.39, 0.29) is 0 Å². The summed E-state index contributed by atoms with van der Waals surface area (Å²) in [5, 5.41) is 65.6. The molecule has 0 rings (SSSR count). The zero-order valence-electron chi connectivity index (χ0n) is 15.1. The van der Waals surface area contributed by atoms with Crippen LogP contribution in [0.3, 0.4) is 0 Å². The van der Waals surface area contributed by atoms with Gasteiger partial charge in [-0.25, -0.2) is 0 Å². The molecule has 0 amide bonds. The van der Waals surface area contributed by atoms with Crippen molar-refractivity contribution in [1.82, 2.24) is 0 Å². The van der Waals surface area contributed by atoms with E-state index in [2.05, 4.69) is 24.6 Å². The number of carboxylic acid groups (broad SMARTS) is 8. The van der Waals surface area contributed by atoms with Crippen LogP contribution < -0.4 is 0 Å². The first-order valence-electron chi connectivity index (χ1n) is 6.69. The summed E-state index contributed by atoms with van der Waals surface area (Å²) in [5.41, 5.74) is 0. The summed E-state index contributed by atoms with van der Waals surface area (Å²) in [6.07, 6.45) is -17.7. The van der Waals surface area contributed by atoms with Crippen molar-refractivity contribution < 1.29 is 104 Å². The fraction of sp³-hybridized carbons (Fsp3) is 0. The van der Waals surface area contributed by atoms with Crippen LogP contribution in [0.15, 0.2) is 0 Å². The summed E-state index contributed by atoms with van der Waals surface area (Å²) in [6.45, 7) is 0. The Kier molecular flexibility index (Phi) is 13.2. The Hall–Kier alpha value is -4.24. The van der Waals surface area contributed by atoms with Gasteiger partial charge in [0.1, 0.15) is 0 Å². The van der Waals surface area contributed by atoms with E-state index in [4.69, 9.17) is 40.9 Å². The average Bonchev–Trinajstić information content (AvgIpc) is 2.48. The third-order valence-electron chi connectivity index (χ3n) is 1.70. The van der Waals surface area contributed by atoms with E-state index < -0.39 is 89.3 Å². The Balaban J connectivity index is 0. The minimum absolute atomic E-state index is 2.22. The third-order valence-corrected chi connectivity index (χ3v) is 11.4. The number of hydrogen-bond donors (Lipinski definition) is 8. The number of rotatable bonds is 8. The molecule has 0 radical (unpaired) electrons. The SMILES string of the molecule is O=C(O)[O][Sn]([O]C(=O)O)([O]C(=O)O)[O]C(=O)O.O=C(O)[O][Sn]([O]C(=O)O)([O]C(=O)O)[O]C(=O)O. The molecule has 0 unspecified atom stereocenters. The molecule has 0 spiro atoms. The van der Waals surface area contributed by atoms with Crippen molar-refractivity contribution in [2.75, 3.05) is 0 Å². The van der Waals surface area contributed by atoms with Crippen molar-refractivity contribution in [2.45, 2.75) is 0 Å². The van der Waals surface area contributed by atoms with Crippen molar-refractivity contribution in [2.24, 2.45) is 0 Å². The predicted molar refractivity (Wildman–Crippen MR) is 84.4 cm³/mol. The van der Waals surface area contributed by atoms with Crippen molar-refractivity contribution in [3.63, 3.8) is 0 Å². The number of carbonyl (C=O) groups is 8. The van der Waals surface area contributed by atoms with Gasteiger partial charge >= 0.3 is 193 Å². The number of hydrogen-bond acceptors (Lipinski definition) is 16. The molecule has 0 fully saturated rings. The van der Waals surface area contributed by atoms with Crippen LogP contribution in [0.1, 0.15) is 0 Å². The van der Waals surface area contributed by atoms with Gasteiger partial charge in [0, 0.05) is 0 Å². The van der Waals surface area contributed by atoms with Gasteiger partial charge in [-0.3, -0.25) is 0 Å². The Morgan fingerprint density at radius 2 is 0.382 bits per heavy atom. The van der Waals surface area contributed by atoms with E-state index in [0.717, 1.165) is 0 Å². The van der Waals surface area contributed by atoms with Crippen LogP contribution in [0.2, 0.25) is 0 Å². The van der Waals surface area contributed by atoms with E-state index in [1.54, 1.807) is 0 Å². The van der Waals surface area contributed by atoms with Gasteiger partial charge in [-0.15, -0.1) is 0 Å². The molecule has 0 saturated carbocycles. The Bertz CT molecular complexity index is 622. The quantitative estimate of drug-likeness (QED) is 0.157. The Morgan fingerprint density at radius 3 is 0.441 bits per heavy atom. The van der Waals surface area contributed by atoms with Gasteiger partial charge in [-0.2, -0.15) is 0 Å². The zero-order chi connectivity index (χ0) is 27.3. The van der Waals surface area contributed by atoms with Gasteiger partial charge in [0.05, 0.1) is 0 Å². The van der Waals surface area contributed by atoms with Gasteiger partial charge in [-0.1, -0.05) is 0 Å². The van der Waals surface area contributed by atoms with Gasteiger partial charge in [0.15, 0.2) is 0 Å². The molecule has 0 aromatic rings. The average molecular weight is 726 g/mol. The Morgan fingerprint density at radius 1 is 0.294 bits per heavy atom. The van der Waals surface area contributed by atoms with Crippen LogP contribution in [0.25, 0.3) is 0 Å². The topological polar surface area (TPSA) is 372 Å². The summed E-state index contributed by atoms with van der Waals surface area (Å²) in [7, 11) is 0. The first kappa shape index (κ1) is 31.9. The second-order valence-electron chi connectivity index (χ2n) is 3.94. The molecular formula is C8H8O24Sn2. The summed E-state index contributed by atoms with van der Waals surface area (Å²) < 4.78 is 29.5. The fourth-order valence-electron chi connectivity index (χ4n) is 1.11. The molecule has 0 aliphatic rings. The van der Waals surface area contributed by atoms with Crippen LogP contribution in [-0.2, 0) is 24.6 Å². The molecule has 34 heavy (non-hydrogen) atoms. The van der Waals surface area contributed by atoms with Gasteiger partial charge < -0.3 is 0 Å². The molecule has 0 heterocycles. The second-order valence-corrected chi connectivity index (χ2v) is 14.3. The van der Waals surface area contributed by atoms with Crippen LogP contribution in [0, 0.1) is 0 Å². The fourth-order valence-corrected chi connectivity index (χ4v) is 7.42. The summed E-state index contributed by atoms with van der Waals surface area (Å²) in [5.74, 6) is 0. The standard InChI is InChI=1S/8CH2O3.2Sn/c8*2-1(3)4;;/h8*(H2,2,3,4);;/q;;;;;;;;2*+4/p-8. The molecule has 0 aromatic heterocycles. The molecule has 8 N–H and O–H groups in total. The van der Waals surface area contributed by atoms with Crippen LogP contribution in [0.5, 0.6) is 0 Å². The van der Waals surface area contributed by atoms with Crippen LogP contribution >= 0.6 is 0 Å². The van der Waals surface area contributed by atoms with E-state index in [1.807, 2.05) is 0 Å². The second kappa shape index (κ2) is 14.0. The molecule has 0 aliphatic carbocycles. The van der Waals surface area contributed by atoms with E-state index in [9.17, 15) is 38.4 Å². The first-order chi connectivity index (χ1) is 15.3. The van der Waals surface area contributed by atoms with Crippen molar-refractivity contribution in [3.05, 3.63) is 0 Å². The van der Waals surface area contributed by atoms with Crippen LogP contribution in [-0.4, -0.2) is 130 Å². The van der Waals surface area contributed by atoms with Gasteiger partial charge in [-0.05, 0) is 0 Å². The molecule has 0 saturated heterocycles. The normalized spacial score (nSPS) is 9.88. The van der Waals surface area contributed by atoms with E-state index in [0.29, 0.717) is 0 Å². The molecule has 0 aromatic carbocycles. The molecular weight excluding hydrogens is 717 g/mol. The maximum absolute atomic E-state index is 10.2. The van der Waals surface area contributed by atoms with Gasteiger partial charge in [0.2, 0.25) is 0 Å². The van der Waals surface area contributed by atoms with Crippen molar-refractivity contribution >= 4 is 89.3 Å². The molecule has 0 aliphatic heterocycles. The molecule has 192 valence electrons. The summed E-state index contributed by atoms with van der Waals surface area (Å²) in [4.78, 5) is 81.4. The van der Waals surface area contributed by atoms with Crippen molar-refractivity contribution in [3.8, 4) is 0 Å². The molecule has 0 bridgehead atoms. The Labute approximate surface area is 192 Å². The van der Waals surface area contributed by atoms with Gasteiger partial charge in [0.25, 0.3) is 0 Å². The maximum atomic E-state index is 10.2. The summed E-state index contributed by atoms with van der Waals surface area (Å²) >= 11 is -12.6. The van der Waals surface area contributed by atoms with Crippen molar-refractivity contribution in [1.29, 1.82) is 0 Å². The summed E-state index contributed by atoms with van der Waals surface area (Å²) in [6, 6.07) is 0. The van der Waals surface area contributed by atoms with E-state index >= 15 is 0 Å². The molecule has 24 nitrogen and oxygen atoms in total. The van der Waals surface area contributed by atoms with Crippen LogP contribution in [0.4, 0.5) is 38.4 Å². The van der Waals surface area contributed by atoms with E-state index in [1.165, 1.54) is 0 Å². The first-order valence-corrected chi connectivity index (χ1v) is 16.0. The molecule has 0 atom stereocenters. The predicted octanol–water partition coefficient (Wildman–Crippen LogP) is 0.401. The minimum atomic E-state index is -6.28. The monoisotopic (exact) mass is 728 g/mol. The third kappa shape index (κ3) is 15.5. The zero-order valence-corrected chi connectivity index (χ0v) is 20.8. The molecule has 26 heteroatoms.